The Labute approximate surface area is 119 Å². The van der Waals surface area contributed by atoms with Gasteiger partial charge in [0.15, 0.2) is 0 Å². The maximum atomic E-state index is 6.31. The van der Waals surface area contributed by atoms with Crippen molar-refractivity contribution in [1.82, 2.24) is 5.32 Å². The Bertz CT molecular complexity index is 273. The van der Waals surface area contributed by atoms with Crippen LogP contribution >= 0.6 is 0 Å². The molecule has 0 aliphatic heterocycles. The number of likely N-dealkylation sites (N-methyl/N-ethyl adjacent to an activating group) is 1. The van der Waals surface area contributed by atoms with Crippen molar-refractivity contribution in [3.05, 3.63) is 0 Å². The van der Waals surface area contributed by atoms with Crippen molar-refractivity contribution in [1.29, 1.82) is 0 Å². The normalized spacial score (nSPS) is 27.2. The molecule has 2 nitrogen and oxygen atoms in total. The quantitative estimate of drug-likeness (QED) is 0.748. The summed E-state index contributed by atoms with van der Waals surface area (Å²) in [6, 6.07) is 0.546. The smallest absolute Gasteiger partial charge is 0.0834 e. The van der Waals surface area contributed by atoms with Gasteiger partial charge in [-0.05, 0) is 63.8 Å². The van der Waals surface area contributed by atoms with E-state index >= 15 is 0 Å². The van der Waals surface area contributed by atoms with Crippen LogP contribution in [0.25, 0.3) is 0 Å². The van der Waals surface area contributed by atoms with Crippen molar-refractivity contribution in [2.75, 3.05) is 13.7 Å². The highest BCUT2D eigenvalue weighted by Gasteiger charge is 2.44. The summed E-state index contributed by atoms with van der Waals surface area (Å²) in [4.78, 5) is 0. The first kappa shape index (κ1) is 15.3. The van der Waals surface area contributed by atoms with Gasteiger partial charge in [0, 0.05) is 12.6 Å². The minimum absolute atomic E-state index is 0.105. The Morgan fingerprint density at radius 1 is 1.16 bits per heavy atom. The minimum Gasteiger partial charge on any atom is -0.374 e. The van der Waals surface area contributed by atoms with Crippen LogP contribution in [0.15, 0.2) is 0 Å². The fourth-order valence-corrected chi connectivity index (χ4v) is 3.71. The van der Waals surface area contributed by atoms with E-state index < -0.39 is 0 Å². The molecule has 0 amide bonds. The van der Waals surface area contributed by atoms with Crippen LogP contribution in [0.1, 0.15) is 72.1 Å². The van der Waals surface area contributed by atoms with Crippen LogP contribution in [0, 0.1) is 11.3 Å². The first-order valence-corrected chi connectivity index (χ1v) is 8.32. The second-order valence-electron chi connectivity index (χ2n) is 7.52. The molecule has 2 aliphatic carbocycles. The third kappa shape index (κ3) is 3.95. The lowest BCUT2D eigenvalue weighted by molar-refractivity contribution is -0.107. The molecule has 0 saturated heterocycles. The van der Waals surface area contributed by atoms with E-state index in [-0.39, 0.29) is 5.60 Å². The highest BCUT2D eigenvalue weighted by Crippen LogP contribution is 2.45. The minimum atomic E-state index is 0.105. The third-order valence-electron chi connectivity index (χ3n) is 5.43. The summed E-state index contributed by atoms with van der Waals surface area (Å²) in [5.74, 6) is 1.02. The summed E-state index contributed by atoms with van der Waals surface area (Å²) in [6.07, 6.45) is 10.7. The van der Waals surface area contributed by atoms with Crippen molar-refractivity contribution in [3.8, 4) is 0 Å². The van der Waals surface area contributed by atoms with E-state index in [1.807, 2.05) is 0 Å². The lowest BCUT2D eigenvalue weighted by Crippen LogP contribution is -2.54. The molecule has 2 heteroatoms. The Morgan fingerprint density at radius 2 is 1.79 bits per heavy atom. The fourth-order valence-electron chi connectivity index (χ4n) is 3.71. The van der Waals surface area contributed by atoms with Crippen molar-refractivity contribution >= 4 is 0 Å². The van der Waals surface area contributed by atoms with E-state index in [1.54, 1.807) is 0 Å². The topological polar surface area (TPSA) is 21.3 Å². The molecule has 2 rings (SSSR count). The van der Waals surface area contributed by atoms with E-state index in [0.29, 0.717) is 11.5 Å². The predicted octanol–water partition coefficient (Wildman–Crippen LogP) is 4.14. The van der Waals surface area contributed by atoms with E-state index in [4.69, 9.17) is 4.74 Å². The van der Waals surface area contributed by atoms with Gasteiger partial charge in [-0.25, -0.2) is 0 Å². The molecule has 0 aromatic rings. The summed E-state index contributed by atoms with van der Waals surface area (Å²) < 4.78 is 6.31. The molecule has 2 aliphatic rings. The van der Waals surface area contributed by atoms with E-state index in [1.165, 1.54) is 51.4 Å². The Kier molecular flexibility index (Phi) is 4.94. The van der Waals surface area contributed by atoms with E-state index in [0.717, 1.165) is 12.5 Å². The first-order chi connectivity index (χ1) is 9.01. The summed E-state index contributed by atoms with van der Waals surface area (Å²) in [7, 11) is 2.12. The standard InChI is InChI=1S/C17H33NO/c1-5-19-17(12-10-16(2,3)11-13-17)15(18-4)9-8-14-6-7-14/h14-15,18H,5-13H2,1-4H3. The van der Waals surface area contributed by atoms with Crippen molar-refractivity contribution < 1.29 is 4.74 Å². The number of nitrogens with one attached hydrogen (secondary N) is 1. The molecule has 0 aromatic heterocycles. The Balaban J connectivity index is 1.98. The van der Waals surface area contributed by atoms with Crippen LogP contribution in [0.4, 0.5) is 0 Å². The zero-order chi connectivity index (χ0) is 13.9. The largest absolute Gasteiger partial charge is 0.374 e. The lowest BCUT2D eigenvalue weighted by atomic mass is 9.67. The predicted molar refractivity (Wildman–Crippen MR) is 81.4 cm³/mol. The molecule has 19 heavy (non-hydrogen) atoms. The molecule has 1 atom stereocenters. The molecule has 2 saturated carbocycles. The molecular formula is C17H33NO. The summed E-state index contributed by atoms with van der Waals surface area (Å²) in [6.45, 7) is 7.81. The maximum Gasteiger partial charge on any atom is 0.0834 e. The van der Waals surface area contributed by atoms with Gasteiger partial charge in [-0.15, -0.1) is 0 Å². The van der Waals surface area contributed by atoms with Gasteiger partial charge < -0.3 is 10.1 Å². The number of rotatable bonds is 7. The van der Waals surface area contributed by atoms with Gasteiger partial charge in [-0.1, -0.05) is 26.7 Å². The van der Waals surface area contributed by atoms with Gasteiger partial charge in [-0.2, -0.15) is 0 Å². The van der Waals surface area contributed by atoms with E-state index in [2.05, 4.69) is 33.1 Å². The third-order valence-corrected chi connectivity index (χ3v) is 5.43. The van der Waals surface area contributed by atoms with E-state index in [9.17, 15) is 0 Å². The molecular weight excluding hydrogens is 234 g/mol. The van der Waals surface area contributed by atoms with Crippen LogP contribution in [-0.4, -0.2) is 25.3 Å². The summed E-state index contributed by atoms with van der Waals surface area (Å²) in [5, 5.41) is 3.58. The molecule has 0 bridgehead atoms. The van der Waals surface area contributed by atoms with Crippen LogP contribution in [0.5, 0.6) is 0 Å². The molecule has 0 heterocycles. The van der Waals surface area contributed by atoms with Gasteiger partial charge in [0.1, 0.15) is 0 Å². The highest BCUT2D eigenvalue weighted by molar-refractivity contribution is 4.99. The van der Waals surface area contributed by atoms with Crippen molar-refractivity contribution in [3.63, 3.8) is 0 Å². The number of hydrogen-bond donors (Lipinski definition) is 1. The number of ether oxygens (including phenoxy) is 1. The van der Waals surface area contributed by atoms with Crippen LogP contribution in [0.2, 0.25) is 0 Å². The molecule has 0 radical (unpaired) electrons. The second kappa shape index (κ2) is 6.13. The molecule has 2 fully saturated rings. The molecule has 1 unspecified atom stereocenters. The Hall–Kier alpha value is -0.0800. The van der Waals surface area contributed by atoms with Crippen LogP contribution in [0.3, 0.4) is 0 Å². The van der Waals surface area contributed by atoms with Crippen molar-refractivity contribution in [2.45, 2.75) is 83.8 Å². The Morgan fingerprint density at radius 3 is 2.26 bits per heavy atom. The lowest BCUT2D eigenvalue weighted by Gasteiger charge is -2.47. The first-order valence-electron chi connectivity index (χ1n) is 8.32. The average Bonchev–Trinajstić information content (AvgIpc) is 3.18. The van der Waals surface area contributed by atoms with Gasteiger partial charge in [0.2, 0.25) is 0 Å². The molecule has 112 valence electrons. The van der Waals surface area contributed by atoms with Gasteiger partial charge in [0.25, 0.3) is 0 Å². The van der Waals surface area contributed by atoms with Gasteiger partial charge in [0.05, 0.1) is 5.60 Å². The maximum absolute atomic E-state index is 6.31. The molecule has 0 spiro atoms. The van der Waals surface area contributed by atoms with Gasteiger partial charge in [-0.3, -0.25) is 0 Å². The molecule has 0 aromatic carbocycles. The zero-order valence-corrected chi connectivity index (χ0v) is 13.4. The average molecular weight is 267 g/mol. The fraction of sp³-hybridized carbons (Fsp3) is 1.00. The molecule has 1 N–H and O–H groups in total. The summed E-state index contributed by atoms with van der Waals surface area (Å²) in [5.41, 5.74) is 0.614. The zero-order valence-electron chi connectivity index (χ0n) is 13.4. The van der Waals surface area contributed by atoms with Crippen LogP contribution in [-0.2, 0) is 4.74 Å². The SMILES string of the molecule is CCOC1(C(CCC2CC2)NC)CCC(C)(C)CC1. The summed E-state index contributed by atoms with van der Waals surface area (Å²) >= 11 is 0. The van der Waals surface area contributed by atoms with Gasteiger partial charge >= 0.3 is 0 Å². The second-order valence-corrected chi connectivity index (χ2v) is 7.52. The highest BCUT2D eigenvalue weighted by atomic mass is 16.5. The van der Waals surface area contributed by atoms with Crippen LogP contribution < -0.4 is 5.32 Å². The number of hydrogen-bond acceptors (Lipinski definition) is 2. The van der Waals surface area contributed by atoms with Crippen molar-refractivity contribution in [2.24, 2.45) is 11.3 Å². The monoisotopic (exact) mass is 267 g/mol.